The zero-order valence-corrected chi connectivity index (χ0v) is 17.4. The number of hydrogen-bond donors (Lipinski definition) is 1. The molecule has 4 aromatic rings. The number of fused-ring (bicyclic) bond motifs is 1. The summed E-state index contributed by atoms with van der Waals surface area (Å²) in [6.45, 7) is 0. The van der Waals surface area contributed by atoms with Gasteiger partial charge in [-0.15, -0.1) is 11.3 Å². The number of benzene rings is 2. The fraction of sp³-hybridized carbons (Fsp3) is 0.136. The molecule has 152 valence electrons. The normalized spacial score (nSPS) is 10.6. The zero-order chi connectivity index (χ0) is 21.1. The second-order valence-corrected chi connectivity index (χ2v) is 7.17. The van der Waals surface area contributed by atoms with Crippen molar-refractivity contribution in [2.75, 3.05) is 26.6 Å². The summed E-state index contributed by atoms with van der Waals surface area (Å²) >= 11 is 1.32. The molecule has 0 aliphatic rings. The molecular formula is C22H19N3O4S. The minimum absolute atomic E-state index is 0.309. The van der Waals surface area contributed by atoms with Crippen LogP contribution in [0.4, 0.5) is 5.13 Å². The molecule has 2 aromatic carbocycles. The summed E-state index contributed by atoms with van der Waals surface area (Å²) in [6.07, 6.45) is 0. The van der Waals surface area contributed by atoms with Gasteiger partial charge in [0, 0.05) is 16.3 Å². The molecule has 4 rings (SSSR count). The summed E-state index contributed by atoms with van der Waals surface area (Å²) in [6, 6.07) is 14.5. The first-order chi connectivity index (χ1) is 14.6. The number of methoxy groups -OCH3 is 3. The molecule has 0 saturated carbocycles. The van der Waals surface area contributed by atoms with Gasteiger partial charge in [-0.3, -0.25) is 10.1 Å². The van der Waals surface area contributed by atoms with Crippen LogP contribution < -0.4 is 19.5 Å². The van der Waals surface area contributed by atoms with Crippen LogP contribution in [-0.4, -0.2) is 37.2 Å². The standard InChI is InChI=1S/C22H19N3O4S/c1-27-14-5-8-17-13(10-14)4-7-18(23-17)21(26)25-22-24-19(12-30-22)16-11-15(28-2)6-9-20(16)29-3/h4-12H,1-3H3,(H,24,25,26). The molecule has 0 aliphatic heterocycles. The van der Waals surface area contributed by atoms with Gasteiger partial charge in [0.2, 0.25) is 0 Å². The predicted molar refractivity (Wildman–Crippen MR) is 117 cm³/mol. The molecule has 0 spiro atoms. The number of thiazole rings is 1. The zero-order valence-electron chi connectivity index (χ0n) is 16.6. The lowest BCUT2D eigenvalue weighted by Crippen LogP contribution is -2.13. The van der Waals surface area contributed by atoms with Crippen LogP contribution in [0.3, 0.4) is 0 Å². The minimum Gasteiger partial charge on any atom is -0.497 e. The minimum atomic E-state index is -0.328. The lowest BCUT2D eigenvalue weighted by Gasteiger charge is -2.08. The number of hydrogen-bond acceptors (Lipinski definition) is 7. The molecule has 0 fully saturated rings. The molecule has 1 N–H and O–H groups in total. The molecule has 2 heterocycles. The maximum Gasteiger partial charge on any atom is 0.276 e. The van der Waals surface area contributed by atoms with Gasteiger partial charge in [-0.2, -0.15) is 0 Å². The lowest BCUT2D eigenvalue weighted by molar-refractivity contribution is 0.102. The first kappa shape index (κ1) is 19.7. The van der Waals surface area contributed by atoms with Gasteiger partial charge < -0.3 is 14.2 Å². The number of rotatable bonds is 6. The van der Waals surface area contributed by atoms with E-state index in [9.17, 15) is 4.79 Å². The number of aromatic nitrogens is 2. The number of amides is 1. The third-order valence-electron chi connectivity index (χ3n) is 4.54. The first-order valence-corrected chi connectivity index (χ1v) is 9.93. The van der Waals surface area contributed by atoms with Crippen molar-refractivity contribution in [1.29, 1.82) is 0 Å². The molecule has 0 atom stereocenters. The summed E-state index contributed by atoms with van der Waals surface area (Å²) in [4.78, 5) is 21.6. The maximum absolute atomic E-state index is 12.7. The summed E-state index contributed by atoms with van der Waals surface area (Å²) < 4.78 is 15.9. The van der Waals surface area contributed by atoms with E-state index in [1.807, 2.05) is 47.8 Å². The molecule has 30 heavy (non-hydrogen) atoms. The highest BCUT2D eigenvalue weighted by atomic mass is 32.1. The molecular weight excluding hydrogens is 402 g/mol. The van der Waals surface area contributed by atoms with Crippen molar-refractivity contribution >= 4 is 33.3 Å². The van der Waals surface area contributed by atoms with E-state index in [1.165, 1.54) is 11.3 Å². The van der Waals surface area contributed by atoms with E-state index in [0.717, 1.165) is 16.7 Å². The predicted octanol–water partition coefficient (Wildman–Crippen LogP) is 4.64. The Bertz CT molecular complexity index is 1220. The van der Waals surface area contributed by atoms with Crippen LogP contribution in [0.1, 0.15) is 10.5 Å². The second kappa shape index (κ2) is 8.38. The van der Waals surface area contributed by atoms with Gasteiger partial charge in [0.25, 0.3) is 5.91 Å². The average molecular weight is 421 g/mol. The molecule has 7 nitrogen and oxygen atoms in total. The van der Waals surface area contributed by atoms with E-state index in [-0.39, 0.29) is 5.91 Å². The number of ether oxygens (including phenoxy) is 3. The second-order valence-electron chi connectivity index (χ2n) is 6.31. The van der Waals surface area contributed by atoms with Crippen LogP contribution >= 0.6 is 11.3 Å². The molecule has 0 bridgehead atoms. The Balaban J connectivity index is 1.57. The van der Waals surface area contributed by atoms with Crippen molar-refractivity contribution in [1.82, 2.24) is 9.97 Å². The Kier molecular flexibility index (Phi) is 5.49. The Morgan fingerprint density at radius 3 is 2.43 bits per heavy atom. The van der Waals surface area contributed by atoms with Gasteiger partial charge in [0.05, 0.1) is 32.5 Å². The summed E-state index contributed by atoms with van der Waals surface area (Å²) in [7, 11) is 4.81. The van der Waals surface area contributed by atoms with Crippen LogP contribution in [0, 0.1) is 0 Å². The van der Waals surface area contributed by atoms with Gasteiger partial charge in [-0.1, -0.05) is 6.07 Å². The Labute approximate surface area is 177 Å². The van der Waals surface area contributed by atoms with E-state index >= 15 is 0 Å². The number of anilines is 1. The van der Waals surface area contributed by atoms with E-state index < -0.39 is 0 Å². The van der Waals surface area contributed by atoms with Crippen molar-refractivity contribution < 1.29 is 19.0 Å². The first-order valence-electron chi connectivity index (χ1n) is 9.05. The van der Waals surface area contributed by atoms with Gasteiger partial charge in [0.1, 0.15) is 22.9 Å². The van der Waals surface area contributed by atoms with Gasteiger partial charge in [-0.25, -0.2) is 9.97 Å². The van der Waals surface area contributed by atoms with E-state index in [2.05, 4.69) is 15.3 Å². The number of nitrogens with one attached hydrogen (secondary N) is 1. The molecule has 0 saturated heterocycles. The monoisotopic (exact) mass is 421 g/mol. The quantitative estimate of drug-likeness (QED) is 0.489. The highest BCUT2D eigenvalue weighted by Gasteiger charge is 2.15. The Morgan fingerprint density at radius 2 is 1.67 bits per heavy atom. The number of carbonyl (C=O) groups is 1. The molecule has 0 unspecified atom stereocenters. The van der Waals surface area contributed by atoms with Crippen molar-refractivity contribution in [2.24, 2.45) is 0 Å². The van der Waals surface area contributed by atoms with Gasteiger partial charge in [-0.05, 0) is 42.5 Å². The molecule has 0 radical (unpaired) electrons. The van der Waals surface area contributed by atoms with E-state index in [4.69, 9.17) is 14.2 Å². The van der Waals surface area contributed by atoms with Crippen LogP contribution in [0.5, 0.6) is 17.2 Å². The van der Waals surface area contributed by atoms with E-state index in [1.54, 1.807) is 27.4 Å². The van der Waals surface area contributed by atoms with Crippen molar-refractivity contribution in [2.45, 2.75) is 0 Å². The summed E-state index contributed by atoms with van der Waals surface area (Å²) in [5.41, 5.74) is 2.49. The average Bonchev–Trinajstić information content (AvgIpc) is 3.26. The van der Waals surface area contributed by atoms with Gasteiger partial charge in [0.15, 0.2) is 5.13 Å². The van der Waals surface area contributed by atoms with Crippen LogP contribution in [-0.2, 0) is 0 Å². The molecule has 8 heteroatoms. The summed E-state index contributed by atoms with van der Waals surface area (Å²) in [5.74, 6) is 1.78. The number of pyridine rings is 1. The molecule has 2 aromatic heterocycles. The fourth-order valence-corrected chi connectivity index (χ4v) is 3.69. The number of nitrogens with zero attached hydrogens (tertiary/aromatic N) is 2. The lowest BCUT2D eigenvalue weighted by atomic mass is 10.1. The van der Waals surface area contributed by atoms with Crippen LogP contribution in [0.15, 0.2) is 53.9 Å². The van der Waals surface area contributed by atoms with Crippen LogP contribution in [0.2, 0.25) is 0 Å². The van der Waals surface area contributed by atoms with Crippen LogP contribution in [0.25, 0.3) is 22.2 Å². The highest BCUT2D eigenvalue weighted by Crippen LogP contribution is 2.35. The highest BCUT2D eigenvalue weighted by molar-refractivity contribution is 7.14. The smallest absolute Gasteiger partial charge is 0.276 e. The topological polar surface area (TPSA) is 82.6 Å². The number of carbonyl (C=O) groups excluding carboxylic acids is 1. The van der Waals surface area contributed by atoms with E-state index in [0.29, 0.717) is 33.5 Å². The van der Waals surface area contributed by atoms with Crippen molar-refractivity contribution in [3.63, 3.8) is 0 Å². The Hall–Kier alpha value is -3.65. The van der Waals surface area contributed by atoms with Gasteiger partial charge >= 0.3 is 0 Å². The largest absolute Gasteiger partial charge is 0.497 e. The third kappa shape index (κ3) is 3.90. The Morgan fingerprint density at radius 1 is 0.900 bits per heavy atom. The molecule has 1 amide bonds. The molecule has 0 aliphatic carbocycles. The maximum atomic E-state index is 12.7. The van der Waals surface area contributed by atoms with Crippen molar-refractivity contribution in [3.05, 3.63) is 59.6 Å². The third-order valence-corrected chi connectivity index (χ3v) is 5.29. The fourth-order valence-electron chi connectivity index (χ4n) is 2.99. The SMILES string of the molecule is COc1ccc(OC)c(-c2csc(NC(=O)c3ccc4cc(OC)ccc4n3)n2)c1. The summed E-state index contributed by atoms with van der Waals surface area (Å²) in [5, 5.41) is 6.03. The van der Waals surface area contributed by atoms with Crippen molar-refractivity contribution in [3.8, 4) is 28.5 Å².